The second kappa shape index (κ2) is 4.69. The van der Waals surface area contributed by atoms with E-state index in [1.807, 2.05) is 0 Å². The zero-order valence-electron chi connectivity index (χ0n) is 7.61. The first-order chi connectivity index (χ1) is 6.90. The van der Waals surface area contributed by atoms with Crippen LogP contribution in [-0.4, -0.2) is 17.7 Å². The number of alkyl halides is 3. The topological polar surface area (TPSA) is 50.9 Å². The predicted molar refractivity (Wildman–Crippen MR) is 55.5 cm³/mol. The Labute approximate surface area is 93.0 Å². The third kappa shape index (κ3) is 3.94. The molecule has 0 aliphatic heterocycles. The number of hydrogen-bond donors (Lipinski definition) is 2. The molecule has 7 heteroatoms. The lowest BCUT2D eigenvalue weighted by Crippen LogP contribution is -2.15. The maximum absolute atomic E-state index is 11.9. The second-order valence-electron chi connectivity index (χ2n) is 2.88. The van der Waals surface area contributed by atoms with Crippen molar-refractivity contribution in [1.29, 1.82) is 0 Å². The highest BCUT2D eigenvalue weighted by Crippen LogP contribution is 2.27. The fraction of sp³-hybridized carbons (Fsp3) is 0.375. The van der Waals surface area contributed by atoms with Crippen LogP contribution in [0.25, 0.3) is 0 Å². The highest BCUT2D eigenvalue weighted by atomic mass is 79.9. The molecule has 3 N–H and O–H groups in total. The molecule has 0 amide bonds. The van der Waals surface area contributed by atoms with Gasteiger partial charge in [-0.05, 0) is 15.9 Å². The number of nitrogens with zero attached hydrogens (tertiary/aromatic N) is 1. The Bertz CT molecular complexity index is 320. The number of rotatable bonds is 3. The summed E-state index contributed by atoms with van der Waals surface area (Å²) in [5, 5.41) is 2.61. The van der Waals surface area contributed by atoms with Gasteiger partial charge < -0.3 is 11.1 Å². The van der Waals surface area contributed by atoms with Gasteiger partial charge in [-0.3, -0.25) is 4.98 Å². The summed E-state index contributed by atoms with van der Waals surface area (Å²) >= 11 is 3.14. The smallest absolute Gasteiger partial charge is 0.390 e. The number of nitrogens with one attached hydrogen (secondary N) is 1. The molecule has 1 aromatic rings. The molecule has 0 saturated carbocycles. The van der Waals surface area contributed by atoms with Crippen molar-refractivity contribution in [3.8, 4) is 0 Å². The highest BCUT2D eigenvalue weighted by molar-refractivity contribution is 9.10. The minimum absolute atomic E-state index is 0.212. The van der Waals surface area contributed by atoms with Crippen LogP contribution in [0.2, 0.25) is 0 Å². The van der Waals surface area contributed by atoms with Crippen molar-refractivity contribution in [1.82, 2.24) is 4.98 Å². The van der Waals surface area contributed by atoms with Crippen molar-refractivity contribution in [3.63, 3.8) is 0 Å². The van der Waals surface area contributed by atoms with Gasteiger partial charge in [0.15, 0.2) is 0 Å². The summed E-state index contributed by atoms with van der Waals surface area (Å²) in [6, 6.07) is 0. The lowest BCUT2D eigenvalue weighted by atomic mass is 10.3. The zero-order chi connectivity index (χ0) is 11.5. The second-order valence-corrected chi connectivity index (χ2v) is 3.73. The van der Waals surface area contributed by atoms with Crippen LogP contribution in [-0.2, 0) is 0 Å². The molecule has 1 rings (SSSR count). The van der Waals surface area contributed by atoms with E-state index in [4.69, 9.17) is 5.73 Å². The van der Waals surface area contributed by atoms with Crippen molar-refractivity contribution in [3.05, 3.63) is 16.9 Å². The van der Waals surface area contributed by atoms with Crippen molar-refractivity contribution in [2.45, 2.75) is 12.6 Å². The van der Waals surface area contributed by atoms with Crippen molar-refractivity contribution in [2.24, 2.45) is 0 Å². The van der Waals surface area contributed by atoms with Gasteiger partial charge in [-0.2, -0.15) is 13.2 Å². The average molecular weight is 284 g/mol. The largest absolute Gasteiger partial charge is 0.396 e. The monoisotopic (exact) mass is 283 g/mol. The van der Waals surface area contributed by atoms with Gasteiger partial charge in [0.05, 0.1) is 28.5 Å². The summed E-state index contributed by atoms with van der Waals surface area (Å²) in [7, 11) is 0. The SMILES string of the molecule is Nc1cncc(Br)c1NCCC(F)(F)F. The molecule has 84 valence electrons. The molecule has 0 radical (unpaired) electrons. The lowest BCUT2D eigenvalue weighted by Gasteiger charge is -2.11. The van der Waals surface area contributed by atoms with E-state index < -0.39 is 12.6 Å². The Kier molecular flexibility index (Phi) is 3.78. The molecule has 0 spiro atoms. The summed E-state index contributed by atoms with van der Waals surface area (Å²) in [6.45, 7) is -0.212. The van der Waals surface area contributed by atoms with E-state index in [1.54, 1.807) is 0 Å². The first-order valence-electron chi connectivity index (χ1n) is 4.10. The van der Waals surface area contributed by atoms with E-state index in [2.05, 4.69) is 26.2 Å². The molecular formula is C8H9BrF3N3. The van der Waals surface area contributed by atoms with E-state index >= 15 is 0 Å². The zero-order valence-corrected chi connectivity index (χ0v) is 9.19. The summed E-state index contributed by atoms with van der Waals surface area (Å²) in [4.78, 5) is 3.77. The molecule has 0 bridgehead atoms. The number of halogens is 4. The van der Waals surface area contributed by atoms with Gasteiger partial charge >= 0.3 is 6.18 Å². The minimum atomic E-state index is -4.17. The van der Waals surface area contributed by atoms with Crippen molar-refractivity contribution >= 4 is 27.3 Å². The number of hydrogen-bond acceptors (Lipinski definition) is 3. The number of nitrogens with two attached hydrogens (primary N) is 1. The van der Waals surface area contributed by atoms with E-state index in [-0.39, 0.29) is 6.54 Å². The van der Waals surface area contributed by atoms with Gasteiger partial charge in [-0.15, -0.1) is 0 Å². The molecule has 0 saturated heterocycles. The molecule has 0 atom stereocenters. The molecular weight excluding hydrogens is 275 g/mol. The normalized spacial score (nSPS) is 11.5. The van der Waals surface area contributed by atoms with Gasteiger partial charge in [0.2, 0.25) is 0 Å². The van der Waals surface area contributed by atoms with Crippen LogP contribution in [0.15, 0.2) is 16.9 Å². The molecule has 0 aromatic carbocycles. The number of nitrogen functional groups attached to an aromatic ring is 1. The standard InChI is InChI=1S/C8H9BrF3N3/c9-5-3-14-4-6(13)7(5)15-2-1-8(10,11)12/h3-4H,1-2,13H2,(H,14,15). The maximum Gasteiger partial charge on any atom is 0.390 e. The highest BCUT2D eigenvalue weighted by Gasteiger charge is 2.26. The molecule has 0 fully saturated rings. The Morgan fingerprint density at radius 2 is 2.07 bits per heavy atom. The Morgan fingerprint density at radius 1 is 1.40 bits per heavy atom. The van der Waals surface area contributed by atoms with Crippen LogP contribution in [0.5, 0.6) is 0 Å². The van der Waals surface area contributed by atoms with Gasteiger partial charge in [-0.1, -0.05) is 0 Å². The Morgan fingerprint density at radius 3 is 2.60 bits per heavy atom. The quantitative estimate of drug-likeness (QED) is 0.897. The third-order valence-corrected chi connectivity index (χ3v) is 2.24. The van der Waals surface area contributed by atoms with Crippen LogP contribution < -0.4 is 11.1 Å². The summed E-state index contributed by atoms with van der Waals surface area (Å²) in [6.07, 6.45) is -2.23. The number of pyridine rings is 1. The predicted octanol–water partition coefficient (Wildman–Crippen LogP) is 2.79. The molecule has 0 aliphatic rings. The third-order valence-electron chi connectivity index (χ3n) is 1.64. The summed E-state index contributed by atoms with van der Waals surface area (Å²) in [5.41, 5.74) is 6.29. The summed E-state index contributed by atoms with van der Waals surface area (Å²) < 4.78 is 36.1. The first-order valence-corrected chi connectivity index (χ1v) is 4.89. The van der Waals surface area contributed by atoms with Gasteiger partial charge in [0.25, 0.3) is 0 Å². The van der Waals surface area contributed by atoms with E-state index in [1.165, 1.54) is 12.4 Å². The molecule has 0 aliphatic carbocycles. The van der Waals surface area contributed by atoms with Gasteiger partial charge in [0, 0.05) is 12.7 Å². The van der Waals surface area contributed by atoms with Gasteiger partial charge in [0.1, 0.15) is 0 Å². The van der Waals surface area contributed by atoms with Crippen LogP contribution in [0, 0.1) is 0 Å². The molecule has 3 nitrogen and oxygen atoms in total. The first kappa shape index (κ1) is 12.1. The van der Waals surface area contributed by atoms with E-state index in [9.17, 15) is 13.2 Å². The van der Waals surface area contributed by atoms with E-state index in [0.29, 0.717) is 15.8 Å². The van der Waals surface area contributed by atoms with Crippen molar-refractivity contribution < 1.29 is 13.2 Å². The van der Waals surface area contributed by atoms with Crippen LogP contribution in [0.3, 0.4) is 0 Å². The van der Waals surface area contributed by atoms with Crippen LogP contribution >= 0.6 is 15.9 Å². The average Bonchev–Trinajstić information content (AvgIpc) is 2.08. The van der Waals surface area contributed by atoms with Gasteiger partial charge in [-0.25, -0.2) is 0 Å². The number of aromatic nitrogens is 1. The molecule has 1 aromatic heterocycles. The summed E-state index contributed by atoms with van der Waals surface area (Å²) in [5.74, 6) is 0. The minimum Gasteiger partial charge on any atom is -0.396 e. The Hall–Kier alpha value is -0.980. The molecule has 1 heterocycles. The Balaban J connectivity index is 2.58. The molecule has 15 heavy (non-hydrogen) atoms. The fourth-order valence-electron chi connectivity index (χ4n) is 0.966. The van der Waals surface area contributed by atoms with Crippen LogP contribution in [0.1, 0.15) is 6.42 Å². The van der Waals surface area contributed by atoms with Crippen molar-refractivity contribution in [2.75, 3.05) is 17.6 Å². The molecule has 0 unspecified atom stereocenters. The number of anilines is 2. The fourth-order valence-corrected chi connectivity index (χ4v) is 1.45. The van der Waals surface area contributed by atoms with E-state index in [0.717, 1.165) is 0 Å². The maximum atomic E-state index is 11.9. The lowest BCUT2D eigenvalue weighted by molar-refractivity contribution is -0.131. The van der Waals surface area contributed by atoms with Crippen LogP contribution in [0.4, 0.5) is 24.5 Å².